The van der Waals surface area contributed by atoms with E-state index in [0.717, 1.165) is 12.1 Å². The summed E-state index contributed by atoms with van der Waals surface area (Å²) >= 11 is 0. The number of hydrogen-bond donors (Lipinski definition) is 0. The molecule has 28 heavy (non-hydrogen) atoms. The zero-order valence-electron chi connectivity index (χ0n) is 16.9. The van der Waals surface area contributed by atoms with Crippen LogP contribution in [-0.4, -0.2) is 34.8 Å². The number of hydrazine groups is 1. The second-order valence-corrected chi connectivity index (χ2v) is 8.18. The molecule has 1 aliphatic carbocycles. The van der Waals surface area contributed by atoms with Crippen LogP contribution in [0.15, 0.2) is 23.5 Å². The van der Waals surface area contributed by atoms with Crippen molar-refractivity contribution in [3.63, 3.8) is 0 Å². The summed E-state index contributed by atoms with van der Waals surface area (Å²) in [6.07, 6.45) is -2.36. The van der Waals surface area contributed by atoms with Gasteiger partial charge in [0.15, 0.2) is 0 Å². The summed E-state index contributed by atoms with van der Waals surface area (Å²) < 4.78 is 44.6. The van der Waals surface area contributed by atoms with E-state index in [1.54, 1.807) is 20.0 Å². The van der Waals surface area contributed by atoms with E-state index in [1.165, 1.54) is 5.01 Å². The second-order valence-electron chi connectivity index (χ2n) is 8.18. The van der Waals surface area contributed by atoms with Crippen molar-refractivity contribution < 1.29 is 27.7 Å². The Balaban J connectivity index is 1.89. The third-order valence-corrected chi connectivity index (χ3v) is 4.80. The summed E-state index contributed by atoms with van der Waals surface area (Å²) in [6, 6.07) is 3.73. The number of hydrogen-bond acceptors (Lipinski definition) is 4. The number of alkyl halides is 3. The molecule has 158 valence electrons. The lowest BCUT2D eigenvalue weighted by molar-refractivity contribution is -0.720. The van der Waals surface area contributed by atoms with Gasteiger partial charge in [0.25, 0.3) is 0 Å². The van der Waals surface area contributed by atoms with Crippen LogP contribution in [0.4, 0.5) is 13.2 Å². The minimum absolute atomic E-state index is 0.191. The van der Waals surface area contributed by atoms with Crippen molar-refractivity contribution in [1.29, 1.82) is 0 Å². The molecule has 6 nitrogen and oxygen atoms in total. The number of rotatable bonds is 5. The predicted molar refractivity (Wildman–Crippen MR) is 97.5 cm³/mol. The lowest BCUT2D eigenvalue weighted by Gasteiger charge is -2.28. The highest BCUT2D eigenvalue weighted by atomic mass is 19.4. The van der Waals surface area contributed by atoms with Crippen LogP contribution in [0, 0.1) is 12.1 Å². The molecule has 0 spiro atoms. The molecule has 0 aliphatic heterocycles. The smallest absolute Gasteiger partial charge is 0.416 e. The Bertz CT molecular complexity index is 694. The van der Waals surface area contributed by atoms with E-state index in [9.17, 15) is 18.4 Å². The zero-order valence-corrected chi connectivity index (χ0v) is 16.9. The first-order valence-electron chi connectivity index (χ1n) is 9.29. The van der Waals surface area contributed by atoms with Crippen molar-refractivity contribution in [3.05, 3.63) is 34.5 Å². The van der Waals surface area contributed by atoms with Crippen molar-refractivity contribution in [2.45, 2.75) is 77.3 Å². The highest BCUT2D eigenvalue weighted by Gasteiger charge is 2.32. The maximum Gasteiger partial charge on any atom is 0.416 e. The van der Waals surface area contributed by atoms with Gasteiger partial charge >= 0.3 is 6.18 Å². The minimum atomic E-state index is -4.40. The quantitative estimate of drug-likeness (QED) is 0.383. The van der Waals surface area contributed by atoms with Gasteiger partial charge in [-0.25, -0.2) is 0 Å². The molecule has 1 aromatic carbocycles. The Kier molecular flexibility index (Phi) is 6.67. The van der Waals surface area contributed by atoms with Gasteiger partial charge in [0.1, 0.15) is 11.9 Å². The predicted octanol–water partition coefficient (Wildman–Crippen LogP) is 5.24. The molecule has 2 rings (SSSR count). The Morgan fingerprint density at radius 1 is 1.07 bits per heavy atom. The first-order valence-corrected chi connectivity index (χ1v) is 9.29. The maximum atomic E-state index is 12.9. The summed E-state index contributed by atoms with van der Waals surface area (Å²) in [5.41, 5.74) is -0.598. The molecule has 0 bridgehead atoms. The molecule has 0 atom stereocenters. The average molecular weight is 403 g/mol. The monoisotopic (exact) mass is 403 g/mol. The van der Waals surface area contributed by atoms with Crippen LogP contribution in [0.3, 0.4) is 0 Å². The molecule has 0 N–H and O–H groups in total. The molecular weight excluding hydrogens is 375 g/mol. The van der Waals surface area contributed by atoms with E-state index >= 15 is 0 Å². The van der Waals surface area contributed by atoms with Crippen LogP contribution < -0.4 is 4.74 Å². The topological polar surface area (TPSA) is 60.1 Å². The van der Waals surface area contributed by atoms with E-state index < -0.39 is 11.7 Å². The SMILES string of the molecule is Cc1cc(O[C@H]2CC[C@H](O/N=[N+](\[O-])N(C)C(C)(C)C)CC2)cc(C(F)(F)F)c1. The van der Waals surface area contributed by atoms with Crippen molar-refractivity contribution in [2.75, 3.05) is 7.05 Å². The summed E-state index contributed by atoms with van der Waals surface area (Å²) in [6.45, 7) is 7.25. The van der Waals surface area contributed by atoms with Gasteiger partial charge in [-0.05, 0) is 77.1 Å². The van der Waals surface area contributed by atoms with Gasteiger partial charge in [0.2, 0.25) is 5.28 Å². The molecule has 0 amide bonds. The van der Waals surface area contributed by atoms with Crippen LogP contribution in [0.1, 0.15) is 57.6 Å². The van der Waals surface area contributed by atoms with Crippen LogP contribution in [-0.2, 0) is 11.0 Å². The lowest BCUT2D eigenvalue weighted by atomic mass is 9.95. The fourth-order valence-electron chi connectivity index (χ4n) is 2.85. The highest BCUT2D eigenvalue weighted by Crippen LogP contribution is 2.34. The van der Waals surface area contributed by atoms with E-state index in [4.69, 9.17) is 9.57 Å². The average Bonchev–Trinajstić information content (AvgIpc) is 2.58. The molecule has 1 fully saturated rings. The Morgan fingerprint density at radius 3 is 2.18 bits per heavy atom. The molecule has 0 saturated heterocycles. The molecule has 0 heterocycles. The third-order valence-electron chi connectivity index (χ3n) is 4.80. The Labute approximate surface area is 163 Å². The summed E-state index contributed by atoms with van der Waals surface area (Å²) in [5, 5.41) is 16.9. The van der Waals surface area contributed by atoms with Crippen molar-refractivity contribution in [1.82, 2.24) is 5.01 Å². The van der Waals surface area contributed by atoms with Gasteiger partial charge in [-0.2, -0.15) is 13.2 Å². The van der Waals surface area contributed by atoms with Gasteiger partial charge in [-0.1, -0.05) is 0 Å². The van der Waals surface area contributed by atoms with Crippen LogP contribution in [0.25, 0.3) is 0 Å². The number of nitrogens with zero attached hydrogens (tertiary/aromatic N) is 3. The Morgan fingerprint density at radius 2 is 1.64 bits per heavy atom. The van der Waals surface area contributed by atoms with Gasteiger partial charge in [0.05, 0.1) is 29.2 Å². The first kappa shape index (κ1) is 22.1. The summed E-state index contributed by atoms with van der Waals surface area (Å²) in [4.78, 5) is 5.76. The number of aryl methyl sites for hydroxylation is 1. The van der Waals surface area contributed by atoms with Gasteiger partial charge in [-0.15, -0.1) is 5.01 Å². The van der Waals surface area contributed by atoms with E-state index in [1.807, 2.05) is 20.8 Å². The Hall–Kier alpha value is -2.19. The molecule has 9 heteroatoms. The van der Waals surface area contributed by atoms with Gasteiger partial charge < -0.3 is 14.8 Å². The largest absolute Gasteiger partial charge is 0.569 e. The fraction of sp³-hybridized carbons (Fsp3) is 0.684. The third kappa shape index (κ3) is 6.17. The molecule has 1 aromatic rings. The fourth-order valence-corrected chi connectivity index (χ4v) is 2.85. The molecule has 1 aliphatic rings. The lowest BCUT2D eigenvalue weighted by Crippen LogP contribution is -2.42. The van der Waals surface area contributed by atoms with Crippen molar-refractivity contribution >= 4 is 0 Å². The number of halogens is 3. The molecular formula is C19H28F3N3O3. The van der Waals surface area contributed by atoms with Crippen molar-refractivity contribution in [3.8, 4) is 5.75 Å². The standard InChI is InChI=1S/C19H28F3N3O3/c1-13-10-14(19(20,21)22)12-17(11-13)27-15-6-8-16(9-7-15)28-23-25(26)24(5)18(2,3)4/h10-12,15-16H,6-9H2,1-5H3/b25-23-/t15-,16-. The summed E-state index contributed by atoms with van der Waals surface area (Å²) in [7, 11) is 1.63. The molecule has 1 saturated carbocycles. The van der Waals surface area contributed by atoms with Crippen LogP contribution >= 0.6 is 0 Å². The summed E-state index contributed by atoms with van der Waals surface area (Å²) in [5.74, 6) is 0.221. The molecule has 0 radical (unpaired) electrons. The minimum Gasteiger partial charge on any atom is -0.569 e. The van der Waals surface area contributed by atoms with E-state index in [2.05, 4.69) is 5.28 Å². The normalized spacial score (nSPS) is 21.4. The zero-order chi connectivity index (χ0) is 21.1. The molecule has 0 aromatic heterocycles. The van der Waals surface area contributed by atoms with E-state index in [0.29, 0.717) is 36.2 Å². The highest BCUT2D eigenvalue weighted by molar-refractivity contribution is 5.35. The second kappa shape index (κ2) is 8.45. The number of benzene rings is 1. The maximum absolute atomic E-state index is 12.9. The van der Waals surface area contributed by atoms with Gasteiger partial charge in [-0.3, -0.25) is 0 Å². The van der Waals surface area contributed by atoms with Crippen LogP contribution in [0.2, 0.25) is 0 Å². The first-order chi connectivity index (χ1) is 12.9. The van der Waals surface area contributed by atoms with Crippen molar-refractivity contribution in [2.24, 2.45) is 5.28 Å². The van der Waals surface area contributed by atoms with Gasteiger partial charge in [0, 0.05) is 0 Å². The molecule has 0 unspecified atom stereocenters. The van der Waals surface area contributed by atoms with Crippen LogP contribution in [0.5, 0.6) is 5.75 Å². The number of ether oxygens (including phenoxy) is 1. The van der Waals surface area contributed by atoms with E-state index in [-0.39, 0.29) is 23.5 Å².